The zero-order valence-electron chi connectivity index (χ0n) is 14.9. The molecule has 0 saturated heterocycles. The maximum absolute atomic E-state index is 12.0. The lowest BCUT2D eigenvalue weighted by molar-refractivity contribution is -0.117. The molecule has 0 aliphatic heterocycles. The lowest BCUT2D eigenvalue weighted by atomic mass is 10.1. The topological polar surface area (TPSA) is 118 Å². The monoisotopic (exact) mass is 400 g/mol. The predicted molar refractivity (Wildman–Crippen MR) is 106 cm³/mol. The second kappa shape index (κ2) is 9.70. The van der Waals surface area contributed by atoms with Gasteiger partial charge in [0.05, 0.1) is 17.5 Å². The number of nitrogens with one attached hydrogen (secondary N) is 2. The fourth-order valence-corrected chi connectivity index (χ4v) is 3.05. The number of aromatic nitrogens is 2. The summed E-state index contributed by atoms with van der Waals surface area (Å²) in [5.41, 5.74) is 8.74. The molecule has 0 radical (unpaired) electrons. The molecule has 1 aromatic heterocycles. The van der Waals surface area contributed by atoms with E-state index < -0.39 is 21.8 Å². The third kappa shape index (κ3) is 6.78. The third-order valence-corrected chi connectivity index (χ3v) is 4.75. The Morgan fingerprint density at radius 1 is 1.31 bits per heavy atom. The van der Waals surface area contributed by atoms with Gasteiger partial charge >= 0.3 is 0 Å². The number of carbonyl (C=O) groups excluding carboxylic acids is 1. The third-order valence-electron chi connectivity index (χ3n) is 3.77. The lowest BCUT2D eigenvalue weighted by Crippen LogP contribution is -2.37. The largest absolute Gasteiger partial charge is 0.320 e. The van der Waals surface area contributed by atoms with Crippen LogP contribution < -0.4 is 11.1 Å². The number of aryl methyl sites for hydroxylation is 1. The summed E-state index contributed by atoms with van der Waals surface area (Å²) in [4.78, 5) is 12.0. The van der Waals surface area contributed by atoms with Crippen LogP contribution in [0.25, 0.3) is 11.3 Å². The molecule has 0 spiro atoms. The molecule has 1 unspecified atom stereocenters. The maximum Gasteiger partial charge on any atom is 0.242 e. The van der Waals surface area contributed by atoms with Crippen LogP contribution in [-0.4, -0.2) is 42.6 Å². The maximum atomic E-state index is 12.0. The molecule has 4 N–H and O–H groups in total. The number of H-pyrrole nitrogens is 1. The lowest BCUT2D eigenvalue weighted by Gasteiger charge is -2.09. The van der Waals surface area contributed by atoms with Gasteiger partial charge in [-0.05, 0) is 24.0 Å². The van der Waals surface area contributed by atoms with E-state index in [1.165, 1.54) is 5.56 Å². The van der Waals surface area contributed by atoms with E-state index >= 15 is 0 Å². The minimum atomic E-state index is -3.15. The molecule has 144 valence electrons. The summed E-state index contributed by atoms with van der Waals surface area (Å²) in [6, 6.07) is 8.96. The Labute approximate surface area is 160 Å². The van der Waals surface area contributed by atoms with Gasteiger partial charge < -0.3 is 11.1 Å². The van der Waals surface area contributed by atoms with Crippen LogP contribution in [-0.2, 0) is 21.1 Å². The van der Waals surface area contributed by atoms with E-state index in [0.29, 0.717) is 5.82 Å². The zero-order chi connectivity index (χ0) is 18.4. The number of nitrogens with two attached hydrogens (primary N) is 1. The van der Waals surface area contributed by atoms with Crippen LogP contribution in [0.5, 0.6) is 0 Å². The van der Waals surface area contributed by atoms with E-state index in [1.54, 1.807) is 6.07 Å². The molecule has 1 amide bonds. The number of anilines is 1. The number of benzene rings is 1. The van der Waals surface area contributed by atoms with E-state index in [4.69, 9.17) is 5.73 Å². The van der Waals surface area contributed by atoms with Gasteiger partial charge in [0, 0.05) is 12.3 Å². The SMILES string of the molecule is CCCc1ccc(-c2cc(NC(=O)C(N)CCS(C)(=O)=O)n[nH]2)cc1.Cl. The Hall–Kier alpha value is -1.90. The van der Waals surface area contributed by atoms with Crippen molar-refractivity contribution in [3.63, 3.8) is 0 Å². The van der Waals surface area contributed by atoms with Gasteiger partial charge in [-0.3, -0.25) is 9.89 Å². The minimum Gasteiger partial charge on any atom is -0.320 e. The molecule has 2 rings (SSSR count). The van der Waals surface area contributed by atoms with E-state index in [9.17, 15) is 13.2 Å². The molecule has 1 heterocycles. The van der Waals surface area contributed by atoms with E-state index in [1.807, 2.05) is 12.1 Å². The first-order valence-corrected chi connectivity index (χ1v) is 10.2. The Morgan fingerprint density at radius 3 is 2.54 bits per heavy atom. The summed E-state index contributed by atoms with van der Waals surface area (Å²) < 4.78 is 22.3. The number of amides is 1. The molecular weight excluding hydrogens is 376 g/mol. The number of hydrogen-bond donors (Lipinski definition) is 3. The predicted octanol–water partition coefficient (Wildman–Crippen LogP) is 2.15. The van der Waals surface area contributed by atoms with Gasteiger partial charge in [-0.2, -0.15) is 5.10 Å². The summed E-state index contributed by atoms with van der Waals surface area (Å²) >= 11 is 0. The van der Waals surface area contributed by atoms with Crippen molar-refractivity contribution < 1.29 is 13.2 Å². The second-order valence-electron chi connectivity index (χ2n) is 6.13. The van der Waals surface area contributed by atoms with Crippen LogP contribution >= 0.6 is 12.4 Å². The van der Waals surface area contributed by atoms with Crippen molar-refractivity contribution in [2.45, 2.75) is 32.2 Å². The highest BCUT2D eigenvalue weighted by Gasteiger charge is 2.17. The smallest absolute Gasteiger partial charge is 0.242 e. The van der Waals surface area contributed by atoms with E-state index in [-0.39, 0.29) is 24.6 Å². The normalized spacial score (nSPS) is 12.3. The van der Waals surface area contributed by atoms with Gasteiger partial charge in [0.1, 0.15) is 9.84 Å². The summed E-state index contributed by atoms with van der Waals surface area (Å²) in [5, 5.41) is 9.52. The van der Waals surface area contributed by atoms with Crippen LogP contribution in [0.2, 0.25) is 0 Å². The number of hydrogen-bond acceptors (Lipinski definition) is 5. The highest BCUT2D eigenvalue weighted by molar-refractivity contribution is 7.90. The van der Waals surface area contributed by atoms with Gasteiger partial charge in [0.15, 0.2) is 5.82 Å². The first kappa shape index (κ1) is 22.1. The van der Waals surface area contributed by atoms with Crippen LogP contribution in [0.4, 0.5) is 5.82 Å². The van der Waals surface area contributed by atoms with Crippen LogP contribution in [0, 0.1) is 0 Å². The number of sulfone groups is 1. The summed E-state index contributed by atoms with van der Waals surface area (Å²) in [5.74, 6) is -0.232. The van der Waals surface area contributed by atoms with Crippen molar-refractivity contribution in [2.75, 3.05) is 17.3 Å². The molecular formula is C17H25ClN4O3S. The average molecular weight is 401 g/mol. The van der Waals surface area contributed by atoms with Crippen LogP contribution in [0.3, 0.4) is 0 Å². The number of aromatic amines is 1. The molecule has 26 heavy (non-hydrogen) atoms. The molecule has 0 aliphatic carbocycles. The molecule has 0 saturated carbocycles. The van der Waals surface area contributed by atoms with Crippen molar-refractivity contribution in [3.05, 3.63) is 35.9 Å². The molecule has 1 aromatic carbocycles. The zero-order valence-corrected chi connectivity index (χ0v) is 16.5. The number of halogens is 1. The molecule has 2 aromatic rings. The highest BCUT2D eigenvalue weighted by atomic mass is 35.5. The Morgan fingerprint density at radius 2 is 1.96 bits per heavy atom. The molecule has 1 atom stereocenters. The molecule has 7 nitrogen and oxygen atoms in total. The van der Waals surface area contributed by atoms with Crippen molar-refractivity contribution in [1.82, 2.24) is 10.2 Å². The molecule has 0 aliphatic rings. The van der Waals surface area contributed by atoms with E-state index in [0.717, 1.165) is 30.4 Å². The highest BCUT2D eigenvalue weighted by Crippen LogP contribution is 2.20. The van der Waals surface area contributed by atoms with Crippen molar-refractivity contribution >= 4 is 34.0 Å². The number of rotatable bonds is 8. The number of nitrogens with zero attached hydrogens (tertiary/aromatic N) is 1. The van der Waals surface area contributed by atoms with Gasteiger partial charge in [0.25, 0.3) is 0 Å². The molecule has 9 heteroatoms. The Kier molecular flexibility index (Phi) is 8.26. The first-order chi connectivity index (χ1) is 11.8. The average Bonchev–Trinajstić information content (AvgIpc) is 3.01. The molecule has 0 fully saturated rings. The summed E-state index contributed by atoms with van der Waals surface area (Å²) in [6.07, 6.45) is 3.32. The Bertz CT molecular complexity index is 819. The second-order valence-corrected chi connectivity index (χ2v) is 8.39. The van der Waals surface area contributed by atoms with E-state index in [2.05, 4.69) is 34.6 Å². The molecule has 0 bridgehead atoms. The Balaban J connectivity index is 0.00000338. The fraction of sp³-hybridized carbons (Fsp3) is 0.412. The fourth-order valence-electron chi connectivity index (χ4n) is 2.36. The van der Waals surface area contributed by atoms with Crippen molar-refractivity contribution in [2.24, 2.45) is 5.73 Å². The van der Waals surface area contributed by atoms with Gasteiger partial charge in [0.2, 0.25) is 5.91 Å². The first-order valence-electron chi connectivity index (χ1n) is 8.17. The minimum absolute atomic E-state index is 0. The number of carbonyl (C=O) groups is 1. The quantitative estimate of drug-likeness (QED) is 0.627. The van der Waals surface area contributed by atoms with Gasteiger partial charge in [-0.1, -0.05) is 37.6 Å². The van der Waals surface area contributed by atoms with Crippen molar-refractivity contribution in [3.8, 4) is 11.3 Å². The summed E-state index contributed by atoms with van der Waals surface area (Å²) in [7, 11) is -3.15. The van der Waals surface area contributed by atoms with Gasteiger partial charge in [-0.15, -0.1) is 12.4 Å². The van der Waals surface area contributed by atoms with Crippen LogP contribution in [0.15, 0.2) is 30.3 Å². The van der Waals surface area contributed by atoms with Crippen molar-refractivity contribution in [1.29, 1.82) is 0 Å². The van der Waals surface area contributed by atoms with Gasteiger partial charge in [-0.25, -0.2) is 8.42 Å². The van der Waals surface area contributed by atoms with Crippen LogP contribution in [0.1, 0.15) is 25.3 Å². The summed E-state index contributed by atoms with van der Waals surface area (Å²) in [6.45, 7) is 2.14. The standard InChI is InChI=1S/C17H24N4O3S.ClH/c1-3-4-12-5-7-13(8-6-12)15-11-16(21-20-15)19-17(22)14(18)9-10-25(2,23)24;/h5-8,11,14H,3-4,9-10,18H2,1-2H3,(H2,19,20,21,22);1H.